The number of carboxylic acid groups (broad SMARTS) is 1. The highest BCUT2D eigenvalue weighted by molar-refractivity contribution is 7.89. The first-order valence-corrected chi connectivity index (χ1v) is 12.5. The van der Waals surface area contributed by atoms with Gasteiger partial charge in [0.2, 0.25) is 10.0 Å². The fourth-order valence-corrected chi connectivity index (χ4v) is 6.06. The molecule has 9 heteroatoms. The van der Waals surface area contributed by atoms with E-state index in [1.54, 1.807) is 24.3 Å². The number of sulfonamides is 1. The maximum atomic E-state index is 13.3. The number of carbonyl (C=O) groups is 1. The van der Waals surface area contributed by atoms with Crippen molar-refractivity contribution in [2.45, 2.75) is 51.2 Å². The molecule has 176 valence electrons. The van der Waals surface area contributed by atoms with Crippen LogP contribution >= 0.6 is 0 Å². The van der Waals surface area contributed by atoms with Crippen molar-refractivity contribution in [2.24, 2.45) is 5.92 Å². The molecule has 0 aliphatic carbocycles. The summed E-state index contributed by atoms with van der Waals surface area (Å²) in [7, 11) is -3.69. The van der Waals surface area contributed by atoms with Gasteiger partial charge >= 0.3 is 5.97 Å². The second kappa shape index (κ2) is 8.79. The lowest BCUT2D eigenvalue weighted by Crippen LogP contribution is -2.29. The summed E-state index contributed by atoms with van der Waals surface area (Å²) in [5.41, 5.74) is 2.29. The van der Waals surface area contributed by atoms with Crippen molar-refractivity contribution >= 4 is 26.9 Å². The van der Waals surface area contributed by atoms with Gasteiger partial charge in [0, 0.05) is 18.5 Å². The zero-order valence-electron chi connectivity index (χ0n) is 19.2. The molecule has 0 spiro atoms. The molecular formula is C24H29N3O5S. The monoisotopic (exact) mass is 471 g/mol. The van der Waals surface area contributed by atoms with Crippen LogP contribution in [0.3, 0.4) is 0 Å². The summed E-state index contributed by atoms with van der Waals surface area (Å²) in [5.74, 6) is -0.316. The summed E-state index contributed by atoms with van der Waals surface area (Å²) < 4.78 is 35.6. The van der Waals surface area contributed by atoms with Gasteiger partial charge in [-0.1, -0.05) is 19.1 Å². The van der Waals surface area contributed by atoms with E-state index in [1.165, 1.54) is 4.31 Å². The lowest BCUT2D eigenvalue weighted by Gasteiger charge is -2.18. The van der Waals surface area contributed by atoms with Crippen molar-refractivity contribution in [1.82, 2.24) is 14.1 Å². The minimum Gasteiger partial charge on any atom is -0.491 e. The Bertz CT molecular complexity index is 1280. The van der Waals surface area contributed by atoms with Crippen molar-refractivity contribution in [2.75, 3.05) is 13.1 Å². The van der Waals surface area contributed by atoms with Gasteiger partial charge in [-0.05, 0) is 62.6 Å². The van der Waals surface area contributed by atoms with E-state index in [0.717, 1.165) is 16.5 Å². The van der Waals surface area contributed by atoms with Gasteiger partial charge in [-0.15, -0.1) is 0 Å². The highest BCUT2D eigenvalue weighted by atomic mass is 32.2. The van der Waals surface area contributed by atoms with Gasteiger partial charge in [0.25, 0.3) is 0 Å². The number of aliphatic carboxylic acids is 1. The number of ether oxygens (including phenoxy) is 1. The molecule has 1 saturated heterocycles. The first-order chi connectivity index (χ1) is 15.6. The van der Waals surface area contributed by atoms with Crippen LogP contribution < -0.4 is 4.74 Å². The number of aromatic nitrogens is 2. The third-order valence-corrected chi connectivity index (χ3v) is 7.87. The van der Waals surface area contributed by atoms with E-state index in [0.29, 0.717) is 18.0 Å². The van der Waals surface area contributed by atoms with Crippen molar-refractivity contribution in [3.63, 3.8) is 0 Å². The molecular weight excluding hydrogens is 442 g/mol. The molecule has 0 radical (unpaired) electrons. The Morgan fingerprint density at radius 3 is 2.52 bits per heavy atom. The lowest BCUT2D eigenvalue weighted by atomic mass is 10.1. The lowest BCUT2D eigenvalue weighted by molar-refractivity contribution is -0.136. The third-order valence-electron chi connectivity index (χ3n) is 6.02. The number of hydrogen-bond acceptors (Lipinski definition) is 5. The van der Waals surface area contributed by atoms with E-state index in [1.807, 2.05) is 50.6 Å². The van der Waals surface area contributed by atoms with Gasteiger partial charge in [-0.3, -0.25) is 9.48 Å². The van der Waals surface area contributed by atoms with E-state index in [-0.39, 0.29) is 35.9 Å². The Balaban J connectivity index is 1.65. The van der Waals surface area contributed by atoms with Crippen LogP contribution in [0.4, 0.5) is 0 Å². The van der Waals surface area contributed by atoms with Crippen LogP contribution in [0.5, 0.6) is 5.75 Å². The van der Waals surface area contributed by atoms with E-state index < -0.39 is 16.0 Å². The number of carboxylic acids is 1. The molecule has 4 rings (SSSR count). The van der Waals surface area contributed by atoms with Gasteiger partial charge in [-0.25, -0.2) is 8.42 Å². The van der Waals surface area contributed by atoms with Crippen LogP contribution in [-0.2, 0) is 21.2 Å². The molecule has 2 atom stereocenters. The van der Waals surface area contributed by atoms with Crippen molar-refractivity contribution in [3.8, 4) is 5.75 Å². The predicted molar refractivity (Wildman–Crippen MR) is 125 cm³/mol. The standard InChI is InChI=1S/C24H29N3O5S/c1-15(2)32-18-8-10-19(11-9-18)33(30,31)26-13-17(4)22(14-26)27-21-7-5-6-16(3)24(21)20(25-27)12-23(28)29/h5-11,15,17,22H,12-14H2,1-4H3,(H,28,29)/t17-,22+/m1/s1. The van der Waals surface area contributed by atoms with Gasteiger partial charge in [0.15, 0.2) is 0 Å². The minimum atomic E-state index is -3.69. The Labute approximate surface area is 193 Å². The van der Waals surface area contributed by atoms with Crippen LogP contribution in [0, 0.1) is 12.8 Å². The Morgan fingerprint density at radius 1 is 1.18 bits per heavy atom. The first-order valence-electron chi connectivity index (χ1n) is 11.0. The molecule has 3 aromatic rings. The van der Waals surface area contributed by atoms with E-state index in [4.69, 9.17) is 4.74 Å². The topological polar surface area (TPSA) is 102 Å². The van der Waals surface area contributed by atoms with Crippen LogP contribution in [0.15, 0.2) is 47.4 Å². The second-order valence-electron chi connectivity index (χ2n) is 8.94. The van der Waals surface area contributed by atoms with Gasteiger partial charge < -0.3 is 9.84 Å². The first kappa shape index (κ1) is 23.3. The fourth-order valence-electron chi connectivity index (χ4n) is 4.50. The van der Waals surface area contributed by atoms with Crippen molar-refractivity contribution in [1.29, 1.82) is 0 Å². The number of aryl methyl sites for hydroxylation is 1. The summed E-state index contributed by atoms with van der Waals surface area (Å²) in [6, 6.07) is 12.0. The zero-order chi connectivity index (χ0) is 23.9. The average molecular weight is 472 g/mol. The van der Waals surface area contributed by atoms with Gasteiger partial charge in [0.1, 0.15) is 5.75 Å². The largest absolute Gasteiger partial charge is 0.491 e. The molecule has 1 aromatic heterocycles. The fraction of sp³-hybridized carbons (Fsp3) is 0.417. The molecule has 1 aliphatic rings. The normalized spacial score (nSPS) is 19.4. The number of hydrogen-bond donors (Lipinski definition) is 1. The molecule has 1 aliphatic heterocycles. The van der Waals surface area contributed by atoms with Crippen LogP contribution in [0.1, 0.15) is 38.1 Å². The number of nitrogens with zero attached hydrogens (tertiary/aromatic N) is 3. The summed E-state index contributed by atoms with van der Waals surface area (Å²) in [6.45, 7) is 8.39. The predicted octanol–water partition coefficient (Wildman–Crippen LogP) is 3.64. The van der Waals surface area contributed by atoms with E-state index >= 15 is 0 Å². The third kappa shape index (κ3) is 4.47. The number of benzene rings is 2. The minimum absolute atomic E-state index is 0.00427. The summed E-state index contributed by atoms with van der Waals surface area (Å²) in [4.78, 5) is 11.6. The number of rotatable bonds is 7. The molecule has 1 N–H and O–H groups in total. The Hall–Kier alpha value is -2.91. The van der Waals surface area contributed by atoms with Crippen molar-refractivity contribution in [3.05, 3.63) is 53.7 Å². The summed E-state index contributed by atoms with van der Waals surface area (Å²) >= 11 is 0. The van der Waals surface area contributed by atoms with Crippen LogP contribution in [-0.4, -0.2) is 52.8 Å². The number of fused-ring (bicyclic) bond motifs is 1. The molecule has 0 bridgehead atoms. The molecule has 33 heavy (non-hydrogen) atoms. The second-order valence-corrected chi connectivity index (χ2v) is 10.9. The average Bonchev–Trinajstić information content (AvgIpc) is 3.29. The molecule has 0 amide bonds. The quantitative estimate of drug-likeness (QED) is 0.565. The summed E-state index contributed by atoms with van der Waals surface area (Å²) in [6.07, 6.45) is -0.173. The maximum Gasteiger partial charge on any atom is 0.309 e. The maximum absolute atomic E-state index is 13.3. The zero-order valence-corrected chi connectivity index (χ0v) is 20.0. The molecule has 8 nitrogen and oxygen atoms in total. The Morgan fingerprint density at radius 2 is 1.88 bits per heavy atom. The smallest absolute Gasteiger partial charge is 0.309 e. The molecule has 0 unspecified atom stereocenters. The molecule has 2 aromatic carbocycles. The Kier molecular flexibility index (Phi) is 6.20. The highest BCUT2D eigenvalue weighted by Gasteiger charge is 2.39. The SMILES string of the molecule is Cc1cccc2c1c(CC(=O)O)nn2[C@H]1CN(S(=O)(=O)c2ccc(OC(C)C)cc2)C[C@H]1C. The van der Waals surface area contributed by atoms with Crippen LogP contribution in [0.25, 0.3) is 10.9 Å². The highest BCUT2D eigenvalue weighted by Crippen LogP contribution is 2.35. The van der Waals surface area contributed by atoms with Gasteiger partial charge in [0.05, 0.1) is 34.7 Å². The molecule has 2 heterocycles. The van der Waals surface area contributed by atoms with E-state index in [9.17, 15) is 18.3 Å². The van der Waals surface area contributed by atoms with Crippen molar-refractivity contribution < 1.29 is 23.1 Å². The molecule has 1 fully saturated rings. The van der Waals surface area contributed by atoms with Gasteiger partial charge in [-0.2, -0.15) is 9.40 Å². The van der Waals surface area contributed by atoms with E-state index in [2.05, 4.69) is 5.10 Å². The molecule has 0 saturated carbocycles. The van der Waals surface area contributed by atoms with Crippen LogP contribution in [0.2, 0.25) is 0 Å². The summed E-state index contributed by atoms with van der Waals surface area (Å²) in [5, 5.41) is 14.8.